The maximum Gasteiger partial charge on any atom is 0.410 e. The van der Waals surface area contributed by atoms with Gasteiger partial charge in [0.15, 0.2) is 11.6 Å². The summed E-state index contributed by atoms with van der Waals surface area (Å²) in [5.41, 5.74) is 4.81. The third-order valence-electron chi connectivity index (χ3n) is 11.5. The Morgan fingerprint density at radius 1 is 0.935 bits per heavy atom. The highest BCUT2D eigenvalue weighted by Crippen LogP contribution is 2.46. The number of carbonyl (C=O) groups is 3. The summed E-state index contributed by atoms with van der Waals surface area (Å²) in [4.78, 5) is 61.6. The lowest BCUT2D eigenvalue weighted by molar-refractivity contribution is -0.757. The van der Waals surface area contributed by atoms with Crippen LogP contribution in [-0.2, 0) is 36.9 Å². The SMILES string of the molecule is COCCNC(=O)C1CC2CC(c3ccc(CCCOc4c(F)ccc(F)c4Cl)cc3)=C(C(=O)N(Cc3ccc(OC)c(C)c3)C3CC3)C(C1)N2C(=O)OCCCCO[N+](=O)[O-]. The van der Waals surface area contributed by atoms with Crippen LogP contribution in [0.1, 0.15) is 73.6 Å². The maximum atomic E-state index is 15.4. The molecule has 17 heteroatoms. The molecule has 3 unspecified atom stereocenters. The zero-order valence-electron chi connectivity index (χ0n) is 35.2. The van der Waals surface area contributed by atoms with E-state index in [4.69, 9.17) is 30.5 Å². The maximum absolute atomic E-state index is 15.4. The van der Waals surface area contributed by atoms with Gasteiger partial charge in [-0.05, 0) is 111 Å². The molecule has 3 amide bonds. The number of amides is 3. The summed E-state index contributed by atoms with van der Waals surface area (Å²) in [5, 5.41) is 12.3. The summed E-state index contributed by atoms with van der Waals surface area (Å²) < 4.78 is 50.0. The number of nitrogens with one attached hydrogen (secondary N) is 1. The van der Waals surface area contributed by atoms with E-state index < -0.39 is 45.8 Å². The molecule has 3 aromatic carbocycles. The first kappa shape index (κ1) is 46.0. The molecule has 0 spiro atoms. The summed E-state index contributed by atoms with van der Waals surface area (Å²) in [5.74, 6) is -2.03. The van der Waals surface area contributed by atoms with E-state index in [0.717, 1.165) is 58.6 Å². The summed E-state index contributed by atoms with van der Waals surface area (Å²) >= 11 is 5.92. The molecular formula is C45H53ClF2N4O10. The van der Waals surface area contributed by atoms with E-state index >= 15 is 4.79 Å². The number of unbranched alkanes of at least 4 members (excludes halogenated alkanes) is 1. The molecule has 1 N–H and O–H groups in total. The Labute approximate surface area is 364 Å². The average molecular weight is 883 g/mol. The van der Waals surface area contributed by atoms with Crippen LogP contribution < -0.4 is 14.8 Å². The zero-order chi connectivity index (χ0) is 44.3. The van der Waals surface area contributed by atoms with Crippen molar-refractivity contribution >= 4 is 35.1 Å². The minimum absolute atomic E-state index is 0.0155. The monoisotopic (exact) mass is 882 g/mol. The Morgan fingerprint density at radius 3 is 2.35 bits per heavy atom. The van der Waals surface area contributed by atoms with Crippen LogP contribution in [0.25, 0.3) is 5.57 Å². The van der Waals surface area contributed by atoms with Crippen LogP contribution in [0.2, 0.25) is 5.02 Å². The summed E-state index contributed by atoms with van der Waals surface area (Å²) in [7, 11) is 3.16. The first-order valence-electron chi connectivity index (χ1n) is 20.9. The van der Waals surface area contributed by atoms with Crippen molar-refractivity contribution in [3.05, 3.63) is 109 Å². The molecular weight excluding hydrogens is 830 g/mol. The van der Waals surface area contributed by atoms with Gasteiger partial charge in [-0.15, -0.1) is 10.1 Å². The van der Waals surface area contributed by atoms with Crippen LogP contribution in [0.4, 0.5) is 13.6 Å². The number of nitrogens with zero attached hydrogens (tertiary/aromatic N) is 3. The zero-order valence-corrected chi connectivity index (χ0v) is 35.9. The number of rotatable bonds is 21. The van der Waals surface area contributed by atoms with Crippen LogP contribution in [0.15, 0.2) is 60.2 Å². The molecule has 2 heterocycles. The fourth-order valence-corrected chi connectivity index (χ4v) is 8.51. The number of methoxy groups -OCH3 is 2. The lowest BCUT2D eigenvalue weighted by atomic mass is 9.73. The second-order valence-electron chi connectivity index (χ2n) is 15.8. The molecule has 2 bridgehead atoms. The standard InChI is InChI=1S/C45H53ClF2N4O10/c1-28-23-30(10-17-39(28)59-3)27-50(33-13-14-33)44(54)40-35(31-11-8-29(9-12-31)7-6-20-60-42-37(48)16-15-36(47)41(42)46)26-34-24-32(43(53)49-18-22-58-2)25-38(40)51(34)45(55)61-19-4-5-21-62-52(56)57/h8-12,15-17,23,32-34,38H,4-7,13-14,18-22,24-27H2,1-3H3,(H,49,53). The van der Waals surface area contributed by atoms with E-state index in [0.29, 0.717) is 57.4 Å². The van der Waals surface area contributed by atoms with Gasteiger partial charge < -0.3 is 34.0 Å². The number of halogens is 3. The van der Waals surface area contributed by atoms with Crippen molar-refractivity contribution in [2.45, 2.75) is 89.4 Å². The molecule has 3 aromatic rings. The first-order chi connectivity index (χ1) is 29.9. The molecule has 0 aromatic heterocycles. The van der Waals surface area contributed by atoms with Crippen LogP contribution in [-0.4, -0.2) is 98.1 Å². The molecule has 3 atom stereocenters. The van der Waals surface area contributed by atoms with Crippen LogP contribution in [0.3, 0.4) is 0 Å². The number of hydrogen-bond acceptors (Lipinski definition) is 10. The van der Waals surface area contributed by atoms with Crippen molar-refractivity contribution < 1.29 is 52.0 Å². The highest BCUT2D eigenvalue weighted by atomic mass is 35.5. The molecule has 2 fully saturated rings. The van der Waals surface area contributed by atoms with E-state index in [9.17, 15) is 28.5 Å². The average Bonchev–Trinajstić information content (AvgIpc) is 4.10. The van der Waals surface area contributed by atoms with Gasteiger partial charge in [0.25, 0.3) is 11.0 Å². The van der Waals surface area contributed by atoms with Crippen LogP contribution >= 0.6 is 11.6 Å². The number of hydrogen-bond donors (Lipinski definition) is 1. The van der Waals surface area contributed by atoms with Crippen molar-refractivity contribution in [3.63, 3.8) is 0 Å². The van der Waals surface area contributed by atoms with Gasteiger partial charge >= 0.3 is 6.09 Å². The van der Waals surface area contributed by atoms with Gasteiger partial charge in [-0.1, -0.05) is 48.0 Å². The largest absolute Gasteiger partial charge is 0.496 e. The first-order valence-corrected chi connectivity index (χ1v) is 21.3. The summed E-state index contributed by atoms with van der Waals surface area (Å²) in [6, 6.07) is 14.2. The molecule has 6 rings (SSSR count). The molecule has 334 valence electrons. The van der Waals surface area contributed by atoms with E-state index in [1.165, 1.54) is 0 Å². The number of benzene rings is 3. The van der Waals surface area contributed by atoms with Crippen molar-refractivity contribution in [3.8, 4) is 11.5 Å². The molecule has 0 radical (unpaired) electrons. The molecule has 62 heavy (non-hydrogen) atoms. The van der Waals surface area contributed by atoms with Gasteiger partial charge in [0, 0.05) is 43.8 Å². The second kappa shape index (κ2) is 21.5. The van der Waals surface area contributed by atoms with E-state index in [1.54, 1.807) is 19.1 Å². The predicted molar refractivity (Wildman–Crippen MR) is 225 cm³/mol. The van der Waals surface area contributed by atoms with Gasteiger partial charge in [-0.2, -0.15) is 0 Å². The highest BCUT2D eigenvalue weighted by molar-refractivity contribution is 6.32. The van der Waals surface area contributed by atoms with E-state index in [2.05, 4.69) is 10.2 Å². The van der Waals surface area contributed by atoms with E-state index in [1.807, 2.05) is 54.3 Å². The minimum atomic E-state index is -0.869. The lowest BCUT2D eigenvalue weighted by Gasteiger charge is -2.49. The molecule has 1 aliphatic carbocycles. The third-order valence-corrected chi connectivity index (χ3v) is 11.8. The minimum Gasteiger partial charge on any atom is -0.496 e. The number of ether oxygens (including phenoxy) is 4. The Hall–Kier alpha value is -5.48. The fourth-order valence-electron chi connectivity index (χ4n) is 8.30. The summed E-state index contributed by atoms with van der Waals surface area (Å²) in [6.45, 7) is 2.86. The van der Waals surface area contributed by atoms with Gasteiger partial charge in [0.05, 0.1) is 39.6 Å². The molecule has 2 aliphatic heterocycles. The van der Waals surface area contributed by atoms with Crippen molar-refractivity contribution in [2.24, 2.45) is 5.92 Å². The molecule has 3 aliphatic rings. The highest BCUT2D eigenvalue weighted by Gasteiger charge is 2.50. The Bertz CT molecular complexity index is 2120. The Morgan fingerprint density at radius 2 is 1.66 bits per heavy atom. The molecule has 14 nitrogen and oxygen atoms in total. The van der Waals surface area contributed by atoms with Crippen molar-refractivity contribution in [1.82, 2.24) is 15.1 Å². The van der Waals surface area contributed by atoms with Crippen molar-refractivity contribution in [2.75, 3.05) is 47.2 Å². The molecule has 1 saturated heterocycles. The fraction of sp³-hybridized carbons (Fsp3) is 0.489. The lowest BCUT2D eigenvalue weighted by Crippen LogP contribution is -2.59. The number of carbonyl (C=O) groups excluding carboxylic acids is 3. The number of aryl methyl sites for hydroxylation is 2. The second-order valence-corrected chi connectivity index (χ2v) is 16.2. The topological polar surface area (TPSA) is 159 Å². The van der Waals surface area contributed by atoms with Gasteiger partial charge in [-0.3, -0.25) is 14.5 Å². The Kier molecular flexibility index (Phi) is 16.0. The third kappa shape index (κ3) is 11.5. The predicted octanol–water partition coefficient (Wildman–Crippen LogP) is 7.63. The van der Waals surface area contributed by atoms with Crippen LogP contribution in [0, 0.1) is 34.6 Å². The van der Waals surface area contributed by atoms with Crippen molar-refractivity contribution in [1.29, 1.82) is 0 Å². The Balaban J connectivity index is 1.31. The smallest absolute Gasteiger partial charge is 0.410 e. The van der Waals surface area contributed by atoms with Gasteiger partial charge in [0.1, 0.15) is 16.6 Å². The molecule has 1 saturated carbocycles. The number of piperidine rings is 1. The van der Waals surface area contributed by atoms with Gasteiger partial charge in [-0.25, -0.2) is 13.6 Å². The number of fused-ring (bicyclic) bond motifs is 2. The van der Waals surface area contributed by atoms with Crippen LogP contribution in [0.5, 0.6) is 11.5 Å². The van der Waals surface area contributed by atoms with Gasteiger partial charge in [0.2, 0.25) is 5.91 Å². The van der Waals surface area contributed by atoms with E-state index in [-0.39, 0.29) is 56.3 Å². The summed E-state index contributed by atoms with van der Waals surface area (Å²) in [6.07, 6.45) is 3.46. The quantitative estimate of drug-likeness (QED) is 0.0488. The normalized spacial score (nSPS) is 18.2.